The van der Waals surface area contributed by atoms with Crippen LogP contribution in [0.5, 0.6) is 0 Å². The molecule has 0 fully saturated rings. The fraction of sp³-hybridized carbons (Fsp3) is 0.0741. The molecule has 5 heteroatoms. The van der Waals surface area contributed by atoms with Crippen molar-refractivity contribution < 1.29 is 4.79 Å². The van der Waals surface area contributed by atoms with E-state index in [0.29, 0.717) is 5.69 Å². The van der Waals surface area contributed by atoms with Crippen molar-refractivity contribution in [2.24, 2.45) is 5.10 Å². The largest absolute Gasteiger partial charge is 0.340 e. The monoisotopic (exact) mass is 418 g/mol. The molecule has 0 saturated heterocycles. The first-order valence-electron chi connectivity index (χ1n) is 10.5. The second kappa shape index (κ2) is 8.47. The Kier molecular flexibility index (Phi) is 5.22. The number of pyridine rings is 1. The Morgan fingerprint density at radius 3 is 2.56 bits per heavy atom. The first-order chi connectivity index (χ1) is 15.7. The molecule has 0 aliphatic rings. The molecule has 5 rings (SSSR count). The molecule has 0 saturated carbocycles. The van der Waals surface area contributed by atoms with Crippen molar-refractivity contribution in [1.82, 2.24) is 15.0 Å². The molecule has 0 spiro atoms. The quantitative estimate of drug-likeness (QED) is 0.311. The summed E-state index contributed by atoms with van der Waals surface area (Å²) < 4.78 is 2.28. The van der Waals surface area contributed by atoms with Crippen molar-refractivity contribution in [2.75, 3.05) is 0 Å². The zero-order chi connectivity index (χ0) is 21.9. The highest BCUT2D eigenvalue weighted by Gasteiger charge is 2.13. The smallest absolute Gasteiger partial charge is 0.289 e. The number of benzene rings is 3. The number of nitrogens with zero attached hydrogens (tertiary/aromatic N) is 3. The minimum absolute atomic E-state index is 0.335. The average molecular weight is 419 g/mol. The van der Waals surface area contributed by atoms with Gasteiger partial charge in [0.25, 0.3) is 5.91 Å². The number of hydrogen-bond acceptors (Lipinski definition) is 3. The Morgan fingerprint density at radius 2 is 1.69 bits per heavy atom. The molecule has 0 bridgehead atoms. The third-order valence-electron chi connectivity index (χ3n) is 5.65. The lowest BCUT2D eigenvalue weighted by Crippen LogP contribution is -2.19. The molecule has 5 aromatic rings. The van der Waals surface area contributed by atoms with Crippen molar-refractivity contribution in [3.63, 3.8) is 0 Å². The zero-order valence-corrected chi connectivity index (χ0v) is 17.7. The van der Waals surface area contributed by atoms with Crippen LogP contribution < -0.4 is 5.43 Å². The van der Waals surface area contributed by atoms with Gasteiger partial charge in [-0.05, 0) is 30.7 Å². The number of hydrogen-bond donors (Lipinski definition) is 1. The lowest BCUT2D eigenvalue weighted by atomic mass is 10.1. The van der Waals surface area contributed by atoms with Gasteiger partial charge in [-0.25, -0.2) is 10.4 Å². The maximum Gasteiger partial charge on any atom is 0.289 e. The summed E-state index contributed by atoms with van der Waals surface area (Å²) >= 11 is 0. The van der Waals surface area contributed by atoms with E-state index in [2.05, 4.69) is 63.4 Å². The van der Waals surface area contributed by atoms with E-state index in [1.54, 1.807) is 12.3 Å². The van der Waals surface area contributed by atoms with Gasteiger partial charge < -0.3 is 4.57 Å². The maximum absolute atomic E-state index is 12.6. The lowest BCUT2D eigenvalue weighted by molar-refractivity contribution is 0.0950. The summed E-state index contributed by atoms with van der Waals surface area (Å²) in [5, 5.41) is 6.35. The van der Waals surface area contributed by atoms with Gasteiger partial charge >= 0.3 is 0 Å². The number of hydrazone groups is 1. The Balaban J connectivity index is 1.42. The third kappa shape index (κ3) is 3.76. The SMILES string of the molecule is Cc1c(/C=N/NC(=O)c2ccc3ccccc3n2)c2ccccc2n1Cc1ccccc1. The predicted molar refractivity (Wildman–Crippen MR) is 129 cm³/mol. The Labute approximate surface area is 186 Å². The first-order valence-corrected chi connectivity index (χ1v) is 10.5. The van der Waals surface area contributed by atoms with Crippen LogP contribution in [-0.2, 0) is 6.54 Å². The number of carbonyl (C=O) groups is 1. The highest BCUT2D eigenvalue weighted by Crippen LogP contribution is 2.25. The van der Waals surface area contributed by atoms with E-state index in [1.165, 1.54) is 5.56 Å². The van der Waals surface area contributed by atoms with Crippen molar-refractivity contribution >= 4 is 33.9 Å². The van der Waals surface area contributed by atoms with Crippen molar-refractivity contribution in [3.8, 4) is 0 Å². The maximum atomic E-state index is 12.6. The summed E-state index contributed by atoms with van der Waals surface area (Å²) in [7, 11) is 0. The molecule has 0 aliphatic heterocycles. The van der Waals surface area contributed by atoms with Gasteiger partial charge in [-0.3, -0.25) is 4.79 Å². The van der Waals surface area contributed by atoms with Gasteiger partial charge in [0, 0.05) is 34.1 Å². The molecule has 1 N–H and O–H groups in total. The van der Waals surface area contributed by atoms with Crippen molar-refractivity contribution in [3.05, 3.63) is 114 Å². The molecule has 3 aromatic carbocycles. The van der Waals surface area contributed by atoms with Crippen LogP contribution in [0.2, 0.25) is 0 Å². The Bertz CT molecular complexity index is 1450. The second-order valence-electron chi connectivity index (χ2n) is 7.68. The van der Waals surface area contributed by atoms with E-state index in [1.807, 2.05) is 48.5 Å². The third-order valence-corrected chi connectivity index (χ3v) is 5.65. The standard InChI is InChI=1S/C27H22N4O/c1-19-23(17-28-30-27(32)25-16-15-21-11-5-7-13-24(21)29-25)22-12-6-8-14-26(22)31(19)18-20-9-3-2-4-10-20/h2-17H,18H2,1H3,(H,30,32)/b28-17+. The van der Waals surface area contributed by atoms with Gasteiger partial charge in [0.05, 0.1) is 11.7 Å². The molecular formula is C27H22N4O. The number of aromatic nitrogens is 2. The van der Waals surface area contributed by atoms with Gasteiger partial charge in [0.2, 0.25) is 0 Å². The summed E-state index contributed by atoms with van der Waals surface area (Å²) in [6.07, 6.45) is 1.72. The van der Waals surface area contributed by atoms with Gasteiger partial charge in [-0.15, -0.1) is 0 Å². The molecular weight excluding hydrogens is 396 g/mol. The normalized spacial score (nSPS) is 11.4. The average Bonchev–Trinajstić information content (AvgIpc) is 3.10. The van der Waals surface area contributed by atoms with E-state index in [0.717, 1.165) is 39.6 Å². The summed E-state index contributed by atoms with van der Waals surface area (Å²) in [5.74, 6) is -0.335. The van der Waals surface area contributed by atoms with Crippen LogP contribution >= 0.6 is 0 Å². The van der Waals surface area contributed by atoms with E-state index in [-0.39, 0.29) is 5.91 Å². The summed E-state index contributed by atoms with van der Waals surface area (Å²) in [6.45, 7) is 2.85. The summed E-state index contributed by atoms with van der Waals surface area (Å²) in [6, 6.07) is 29.9. The van der Waals surface area contributed by atoms with Crippen LogP contribution in [0.1, 0.15) is 27.3 Å². The van der Waals surface area contributed by atoms with Crippen LogP contribution in [-0.4, -0.2) is 21.7 Å². The Morgan fingerprint density at radius 1 is 0.938 bits per heavy atom. The van der Waals surface area contributed by atoms with Gasteiger partial charge in [-0.2, -0.15) is 5.10 Å². The predicted octanol–water partition coefficient (Wildman–Crippen LogP) is 5.31. The van der Waals surface area contributed by atoms with Gasteiger partial charge in [-0.1, -0.05) is 72.8 Å². The molecule has 2 heterocycles. The first kappa shape index (κ1) is 19.7. The topological polar surface area (TPSA) is 59.3 Å². The molecule has 156 valence electrons. The fourth-order valence-corrected chi connectivity index (χ4v) is 4.00. The number of nitrogens with one attached hydrogen (secondary N) is 1. The molecule has 1 amide bonds. The number of rotatable bonds is 5. The van der Waals surface area contributed by atoms with Crippen LogP contribution in [0.15, 0.2) is 96.1 Å². The highest BCUT2D eigenvalue weighted by atomic mass is 16.2. The lowest BCUT2D eigenvalue weighted by Gasteiger charge is -2.08. The molecule has 0 radical (unpaired) electrons. The van der Waals surface area contributed by atoms with Crippen LogP contribution in [0.3, 0.4) is 0 Å². The van der Waals surface area contributed by atoms with E-state index in [4.69, 9.17) is 0 Å². The van der Waals surface area contributed by atoms with Crippen LogP contribution in [0.4, 0.5) is 0 Å². The molecule has 32 heavy (non-hydrogen) atoms. The van der Waals surface area contributed by atoms with Crippen molar-refractivity contribution in [2.45, 2.75) is 13.5 Å². The second-order valence-corrected chi connectivity index (χ2v) is 7.68. The minimum Gasteiger partial charge on any atom is -0.340 e. The highest BCUT2D eigenvalue weighted by molar-refractivity contribution is 6.02. The van der Waals surface area contributed by atoms with Crippen molar-refractivity contribution in [1.29, 1.82) is 0 Å². The van der Waals surface area contributed by atoms with Crippen LogP contribution in [0, 0.1) is 6.92 Å². The van der Waals surface area contributed by atoms with Crippen LogP contribution in [0.25, 0.3) is 21.8 Å². The molecule has 0 unspecified atom stereocenters. The fourth-order valence-electron chi connectivity index (χ4n) is 4.00. The molecule has 2 aromatic heterocycles. The minimum atomic E-state index is -0.335. The van der Waals surface area contributed by atoms with E-state index < -0.39 is 0 Å². The Hall–Kier alpha value is -4.25. The number of fused-ring (bicyclic) bond motifs is 2. The number of carbonyl (C=O) groups excluding carboxylic acids is 1. The van der Waals surface area contributed by atoms with E-state index in [9.17, 15) is 4.79 Å². The number of para-hydroxylation sites is 2. The summed E-state index contributed by atoms with van der Waals surface area (Å²) in [5.41, 5.74) is 8.19. The van der Waals surface area contributed by atoms with E-state index >= 15 is 0 Å². The zero-order valence-electron chi connectivity index (χ0n) is 17.7. The summed E-state index contributed by atoms with van der Waals surface area (Å²) in [4.78, 5) is 17.0. The molecule has 0 aliphatic carbocycles. The number of amides is 1. The van der Waals surface area contributed by atoms with Gasteiger partial charge in [0.15, 0.2) is 0 Å². The molecule has 0 atom stereocenters. The van der Waals surface area contributed by atoms with Gasteiger partial charge in [0.1, 0.15) is 5.69 Å². The molecule has 5 nitrogen and oxygen atoms in total.